The Balaban J connectivity index is 1.66. The van der Waals surface area contributed by atoms with Crippen molar-refractivity contribution in [2.24, 2.45) is 7.05 Å². The van der Waals surface area contributed by atoms with Crippen molar-refractivity contribution in [3.05, 3.63) is 71.3 Å². The monoisotopic (exact) mass is 365 g/mol. The predicted octanol–water partition coefficient (Wildman–Crippen LogP) is 4.41. The van der Waals surface area contributed by atoms with E-state index >= 15 is 0 Å². The molecule has 1 N–H and O–H groups in total. The fourth-order valence-corrected chi connectivity index (χ4v) is 4.01. The number of nitrogens with one attached hydrogen (secondary N) is 1. The minimum Gasteiger partial charge on any atom is -0.350 e. The average molecular weight is 365 g/mol. The molecule has 1 fully saturated rings. The SMILES string of the molecule is Cn1cc(/C=C2\SC(=S)N(Nc3ccccc3)C2=O)c2ccccc21. The number of rotatable bonds is 3. The molecule has 1 saturated heterocycles. The number of aryl methyl sites for hydroxylation is 1. The van der Waals surface area contributed by atoms with Gasteiger partial charge >= 0.3 is 0 Å². The van der Waals surface area contributed by atoms with Crippen LogP contribution in [0.4, 0.5) is 5.69 Å². The molecular formula is C19H15N3OS2. The maximum absolute atomic E-state index is 12.7. The number of amides is 1. The summed E-state index contributed by atoms with van der Waals surface area (Å²) in [5.41, 5.74) is 6.04. The summed E-state index contributed by atoms with van der Waals surface area (Å²) in [5, 5.41) is 2.54. The van der Waals surface area contributed by atoms with Crippen LogP contribution in [0.2, 0.25) is 0 Å². The second-order valence-electron chi connectivity index (χ2n) is 5.71. The fraction of sp³-hybridized carbons (Fsp3) is 0.0526. The number of benzene rings is 2. The van der Waals surface area contributed by atoms with E-state index in [1.807, 2.05) is 61.8 Å². The number of para-hydroxylation sites is 2. The van der Waals surface area contributed by atoms with Crippen LogP contribution in [0.1, 0.15) is 5.56 Å². The van der Waals surface area contributed by atoms with Gasteiger partial charge in [-0.1, -0.05) is 48.2 Å². The largest absolute Gasteiger partial charge is 0.350 e. The lowest BCUT2D eigenvalue weighted by Gasteiger charge is -2.16. The molecule has 3 aromatic rings. The molecule has 4 nitrogen and oxygen atoms in total. The standard InChI is InChI=1S/C19H15N3OS2/c1-21-12-13(15-9-5-6-10-16(15)21)11-17-18(23)22(19(24)25-17)20-14-7-3-2-4-8-14/h2-12,20H,1H3/b17-11-. The Morgan fingerprint density at radius 1 is 1.08 bits per heavy atom. The lowest BCUT2D eigenvalue weighted by molar-refractivity contribution is -0.121. The number of anilines is 1. The van der Waals surface area contributed by atoms with Crippen molar-refractivity contribution in [1.82, 2.24) is 9.58 Å². The van der Waals surface area contributed by atoms with E-state index in [1.165, 1.54) is 16.8 Å². The van der Waals surface area contributed by atoms with Crippen molar-refractivity contribution in [1.29, 1.82) is 0 Å². The lowest BCUT2D eigenvalue weighted by atomic mass is 10.1. The van der Waals surface area contributed by atoms with Gasteiger partial charge in [0.2, 0.25) is 0 Å². The van der Waals surface area contributed by atoms with Gasteiger partial charge in [0, 0.05) is 29.7 Å². The molecule has 1 aliphatic heterocycles. The minimum atomic E-state index is -0.133. The average Bonchev–Trinajstić information content (AvgIpc) is 3.08. The van der Waals surface area contributed by atoms with E-state index in [4.69, 9.17) is 12.2 Å². The third kappa shape index (κ3) is 2.94. The number of fused-ring (bicyclic) bond motifs is 1. The van der Waals surface area contributed by atoms with Gasteiger partial charge < -0.3 is 4.57 Å². The maximum atomic E-state index is 12.7. The Morgan fingerprint density at radius 3 is 2.60 bits per heavy atom. The van der Waals surface area contributed by atoms with Crippen molar-refractivity contribution >= 4 is 56.9 Å². The lowest BCUT2D eigenvalue weighted by Crippen LogP contribution is -2.33. The number of hydrogen-bond donors (Lipinski definition) is 1. The molecule has 1 amide bonds. The van der Waals surface area contributed by atoms with Crippen LogP contribution < -0.4 is 5.43 Å². The van der Waals surface area contributed by atoms with Gasteiger partial charge in [-0.3, -0.25) is 10.2 Å². The van der Waals surface area contributed by atoms with Crippen molar-refractivity contribution in [2.75, 3.05) is 5.43 Å². The van der Waals surface area contributed by atoms with Gasteiger partial charge in [0.1, 0.15) is 0 Å². The number of thiocarbonyl (C=S) groups is 1. The summed E-state index contributed by atoms with van der Waals surface area (Å²) in [4.78, 5) is 13.4. The van der Waals surface area contributed by atoms with E-state index in [1.54, 1.807) is 0 Å². The van der Waals surface area contributed by atoms with Gasteiger partial charge in [-0.25, -0.2) is 5.01 Å². The van der Waals surface area contributed by atoms with Crippen molar-refractivity contribution in [3.8, 4) is 0 Å². The molecule has 0 unspecified atom stereocenters. The highest BCUT2D eigenvalue weighted by Gasteiger charge is 2.32. The van der Waals surface area contributed by atoms with Gasteiger partial charge in [-0.15, -0.1) is 0 Å². The van der Waals surface area contributed by atoms with Crippen molar-refractivity contribution < 1.29 is 4.79 Å². The summed E-state index contributed by atoms with van der Waals surface area (Å²) in [6, 6.07) is 17.7. The topological polar surface area (TPSA) is 37.3 Å². The molecule has 0 radical (unpaired) electrons. The molecule has 1 aromatic heterocycles. The summed E-state index contributed by atoms with van der Waals surface area (Å²) in [6.07, 6.45) is 3.94. The quantitative estimate of drug-likeness (QED) is 0.551. The highest BCUT2D eigenvalue weighted by atomic mass is 32.2. The van der Waals surface area contributed by atoms with E-state index in [0.29, 0.717) is 9.23 Å². The first-order valence-corrected chi connectivity index (χ1v) is 9.00. The Kier molecular flexibility index (Phi) is 4.07. The molecule has 6 heteroatoms. The zero-order chi connectivity index (χ0) is 17.4. The van der Waals surface area contributed by atoms with Gasteiger partial charge in [0.25, 0.3) is 5.91 Å². The molecule has 2 heterocycles. The van der Waals surface area contributed by atoms with E-state index in [-0.39, 0.29) is 5.91 Å². The number of thioether (sulfide) groups is 1. The van der Waals surface area contributed by atoms with E-state index in [9.17, 15) is 4.79 Å². The Hall–Kier alpha value is -2.57. The number of carbonyl (C=O) groups excluding carboxylic acids is 1. The Bertz CT molecular complexity index is 1010. The molecule has 0 bridgehead atoms. The first-order valence-electron chi connectivity index (χ1n) is 7.77. The van der Waals surface area contributed by atoms with Crippen LogP contribution >= 0.6 is 24.0 Å². The summed E-state index contributed by atoms with van der Waals surface area (Å²) >= 11 is 6.68. The van der Waals surface area contributed by atoms with Crippen LogP contribution in [0, 0.1) is 0 Å². The Labute approximate surface area is 155 Å². The molecular weight excluding hydrogens is 350 g/mol. The molecule has 25 heavy (non-hydrogen) atoms. The highest BCUT2D eigenvalue weighted by molar-refractivity contribution is 8.26. The number of carbonyl (C=O) groups is 1. The zero-order valence-corrected chi connectivity index (χ0v) is 15.1. The zero-order valence-electron chi connectivity index (χ0n) is 13.5. The fourth-order valence-electron chi connectivity index (χ4n) is 2.84. The van der Waals surface area contributed by atoms with Gasteiger partial charge in [-0.05, 0) is 36.5 Å². The smallest absolute Gasteiger partial charge is 0.285 e. The van der Waals surface area contributed by atoms with E-state index < -0.39 is 0 Å². The summed E-state index contributed by atoms with van der Waals surface area (Å²) < 4.78 is 2.56. The predicted molar refractivity (Wildman–Crippen MR) is 108 cm³/mol. The number of hydrogen-bond acceptors (Lipinski definition) is 4. The van der Waals surface area contributed by atoms with Crippen LogP contribution in [0.3, 0.4) is 0 Å². The molecule has 4 rings (SSSR count). The summed E-state index contributed by atoms with van der Waals surface area (Å²) in [6.45, 7) is 0. The van der Waals surface area contributed by atoms with Gasteiger partial charge in [-0.2, -0.15) is 0 Å². The first kappa shape index (κ1) is 15.9. The molecule has 2 aromatic carbocycles. The number of nitrogens with zero attached hydrogens (tertiary/aromatic N) is 2. The van der Waals surface area contributed by atoms with Crippen LogP contribution in [0.25, 0.3) is 17.0 Å². The van der Waals surface area contributed by atoms with Crippen molar-refractivity contribution in [3.63, 3.8) is 0 Å². The van der Waals surface area contributed by atoms with Crippen molar-refractivity contribution in [2.45, 2.75) is 0 Å². The third-order valence-electron chi connectivity index (χ3n) is 4.02. The maximum Gasteiger partial charge on any atom is 0.285 e. The van der Waals surface area contributed by atoms with E-state index in [0.717, 1.165) is 22.2 Å². The van der Waals surface area contributed by atoms with Crippen LogP contribution in [-0.4, -0.2) is 19.8 Å². The normalized spacial score (nSPS) is 16.2. The van der Waals surface area contributed by atoms with Gasteiger partial charge in [0.15, 0.2) is 4.32 Å². The van der Waals surface area contributed by atoms with Crippen LogP contribution in [0.15, 0.2) is 65.7 Å². The number of hydrazine groups is 1. The number of aromatic nitrogens is 1. The van der Waals surface area contributed by atoms with Crippen LogP contribution in [-0.2, 0) is 11.8 Å². The highest BCUT2D eigenvalue weighted by Crippen LogP contribution is 2.34. The van der Waals surface area contributed by atoms with E-state index in [2.05, 4.69) is 22.1 Å². The Morgan fingerprint density at radius 2 is 1.80 bits per heavy atom. The van der Waals surface area contributed by atoms with Crippen LogP contribution in [0.5, 0.6) is 0 Å². The second kappa shape index (κ2) is 6.38. The molecule has 0 aliphatic carbocycles. The molecule has 0 spiro atoms. The molecule has 124 valence electrons. The molecule has 0 atom stereocenters. The second-order valence-corrected chi connectivity index (χ2v) is 7.38. The van der Waals surface area contributed by atoms with Gasteiger partial charge in [0.05, 0.1) is 10.6 Å². The summed E-state index contributed by atoms with van der Waals surface area (Å²) in [5.74, 6) is -0.133. The third-order valence-corrected chi connectivity index (χ3v) is 5.32. The minimum absolute atomic E-state index is 0.133. The first-order chi connectivity index (χ1) is 12.1. The molecule has 0 saturated carbocycles. The summed E-state index contributed by atoms with van der Waals surface area (Å²) in [7, 11) is 2.00. The molecule has 1 aliphatic rings.